The fourth-order valence-corrected chi connectivity index (χ4v) is 4.17. The van der Waals surface area contributed by atoms with Gasteiger partial charge in [-0.15, -0.1) is 10.2 Å². The summed E-state index contributed by atoms with van der Waals surface area (Å²) in [7, 11) is 3.22. The predicted octanol–water partition coefficient (Wildman–Crippen LogP) is 4.67. The Hall–Kier alpha value is -3.78. The van der Waals surface area contributed by atoms with Gasteiger partial charge in [0.05, 0.1) is 20.0 Å². The molecule has 0 aliphatic heterocycles. The van der Waals surface area contributed by atoms with Crippen molar-refractivity contribution in [2.45, 2.75) is 18.6 Å². The second kappa shape index (κ2) is 10.9. The average Bonchev–Trinajstić information content (AvgIpc) is 3.31. The third-order valence-electron chi connectivity index (χ3n) is 5.20. The second-order valence-electron chi connectivity index (χ2n) is 7.63. The van der Waals surface area contributed by atoms with Crippen LogP contribution in [0.1, 0.15) is 11.1 Å². The number of carbonyl (C=O) groups is 1. The van der Waals surface area contributed by atoms with Crippen molar-refractivity contribution in [3.05, 3.63) is 83.9 Å². The highest BCUT2D eigenvalue weighted by molar-refractivity contribution is 7.99. The minimum Gasteiger partial charge on any atom is -0.497 e. The van der Waals surface area contributed by atoms with Crippen molar-refractivity contribution >= 4 is 17.7 Å². The molecule has 0 aliphatic rings. The quantitative estimate of drug-likeness (QED) is 0.355. The Balaban J connectivity index is 1.61. The molecule has 0 bridgehead atoms. The molecule has 8 heteroatoms. The molecule has 4 rings (SSSR count). The Kier molecular flexibility index (Phi) is 7.49. The maximum Gasteiger partial charge on any atom is 0.230 e. The molecule has 1 heterocycles. The average molecular weight is 475 g/mol. The number of aryl methyl sites for hydroxylation is 1. The third-order valence-corrected chi connectivity index (χ3v) is 6.13. The summed E-state index contributed by atoms with van der Waals surface area (Å²) in [6, 6.07) is 23.5. The molecule has 1 amide bonds. The molecule has 0 saturated carbocycles. The van der Waals surface area contributed by atoms with Gasteiger partial charge in [0.2, 0.25) is 5.91 Å². The van der Waals surface area contributed by atoms with Crippen LogP contribution in [0.5, 0.6) is 11.5 Å². The van der Waals surface area contributed by atoms with Gasteiger partial charge in [0, 0.05) is 23.9 Å². The lowest BCUT2D eigenvalue weighted by molar-refractivity contribution is -0.118. The molecular formula is C26H26N4O3S. The lowest BCUT2D eigenvalue weighted by Crippen LogP contribution is -2.24. The van der Waals surface area contributed by atoms with Gasteiger partial charge in [-0.1, -0.05) is 59.8 Å². The minimum atomic E-state index is -0.0723. The topological polar surface area (TPSA) is 78.3 Å². The minimum absolute atomic E-state index is 0.0723. The van der Waals surface area contributed by atoms with Gasteiger partial charge < -0.3 is 14.8 Å². The van der Waals surface area contributed by atoms with E-state index in [0.717, 1.165) is 22.4 Å². The number of amides is 1. The van der Waals surface area contributed by atoms with Crippen LogP contribution in [0.4, 0.5) is 0 Å². The molecule has 1 N–H and O–H groups in total. The highest BCUT2D eigenvalue weighted by Crippen LogP contribution is 2.33. The molecule has 0 fully saturated rings. The molecule has 0 unspecified atom stereocenters. The zero-order valence-electron chi connectivity index (χ0n) is 19.3. The zero-order valence-corrected chi connectivity index (χ0v) is 20.1. The second-order valence-corrected chi connectivity index (χ2v) is 8.57. The fraction of sp³-hybridized carbons (Fsp3) is 0.192. The highest BCUT2D eigenvalue weighted by atomic mass is 32.2. The molecule has 4 aromatic rings. The third kappa shape index (κ3) is 5.58. The van der Waals surface area contributed by atoms with Crippen LogP contribution in [-0.2, 0) is 11.3 Å². The summed E-state index contributed by atoms with van der Waals surface area (Å²) in [5, 5.41) is 12.4. The van der Waals surface area contributed by atoms with Gasteiger partial charge in [0.25, 0.3) is 0 Å². The molecular weight excluding hydrogens is 448 g/mol. The molecule has 0 atom stereocenters. The Morgan fingerprint density at radius 1 is 0.941 bits per heavy atom. The summed E-state index contributed by atoms with van der Waals surface area (Å²) in [6.45, 7) is 2.52. The van der Waals surface area contributed by atoms with Crippen LogP contribution in [0.2, 0.25) is 0 Å². The number of ether oxygens (including phenoxy) is 2. The number of hydrogen-bond donors (Lipinski definition) is 1. The van der Waals surface area contributed by atoms with Crippen LogP contribution in [0.15, 0.2) is 78.0 Å². The zero-order chi connectivity index (χ0) is 23.9. The lowest BCUT2D eigenvalue weighted by Gasteiger charge is -2.12. The van der Waals surface area contributed by atoms with E-state index in [1.165, 1.54) is 11.8 Å². The van der Waals surface area contributed by atoms with E-state index in [9.17, 15) is 4.79 Å². The van der Waals surface area contributed by atoms with Gasteiger partial charge in [0.15, 0.2) is 11.0 Å². The smallest absolute Gasteiger partial charge is 0.230 e. The fourth-order valence-electron chi connectivity index (χ4n) is 3.39. The summed E-state index contributed by atoms with van der Waals surface area (Å²) in [5.74, 6) is 2.09. The van der Waals surface area contributed by atoms with Crippen LogP contribution in [0.3, 0.4) is 0 Å². The molecule has 0 spiro atoms. The van der Waals surface area contributed by atoms with E-state index in [-0.39, 0.29) is 11.7 Å². The first-order chi connectivity index (χ1) is 16.6. The Morgan fingerprint density at radius 2 is 1.62 bits per heavy atom. The van der Waals surface area contributed by atoms with Gasteiger partial charge >= 0.3 is 0 Å². The van der Waals surface area contributed by atoms with Crippen LogP contribution >= 0.6 is 11.8 Å². The Bertz CT molecular complexity index is 1230. The van der Waals surface area contributed by atoms with Gasteiger partial charge in [-0.2, -0.15) is 0 Å². The van der Waals surface area contributed by atoms with Crippen molar-refractivity contribution in [2.24, 2.45) is 0 Å². The van der Waals surface area contributed by atoms with E-state index in [0.29, 0.717) is 29.0 Å². The molecule has 0 radical (unpaired) electrons. The summed E-state index contributed by atoms with van der Waals surface area (Å²) in [5.41, 5.74) is 3.90. The number of rotatable bonds is 9. The summed E-state index contributed by atoms with van der Waals surface area (Å²) in [6.07, 6.45) is 0. The number of methoxy groups -OCH3 is 2. The summed E-state index contributed by atoms with van der Waals surface area (Å²) in [4.78, 5) is 12.5. The lowest BCUT2D eigenvalue weighted by atomic mass is 10.1. The molecule has 3 aromatic carbocycles. The molecule has 1 aromatic heterocycles. The van der Waals surface area contributed by atoms with Crippen molar-refractivity contribution in [1.29, 1.82) is 0 Å². The first kappa shape index (κ1) is 23.4. The van der Waals surface area contributed by atoms with Crippen LogP contribution in [-0.4, -0.2) is 40.6 Å². The van der Waals surface area contributed by atoms with Gasteiger partial charge in [-0.05, 0) is 36.8 Å². The molecule has 0 saturated heterocycles. The SMILES string of the molecule is COc1cc(OC)cc(-c2nnc(SCC(=O)NCc3ccccc3)n2-c2ccc(C)cc2)c1. The standard InChI is InChI=1S/C26H26N4O3S/c1-18-9-11-21(12-10-18)30-25(20-13-22(32-2)15-23(14-20)33-3)28-29-26(30)34-17-24(31)27-16-19-7-5-4-6-8-19/h4-15H,16-17H2,1-3H3,(H,27,31). The van der Waals surface area contributed by atoms with E-state index in [2.05, 4.69) is 15.5 Å². The number of thioether (sulfide) groups is 1. The molecule has 34 heavy (non-hydrogen) atoms. The monoisotopic (exact) mass is 474 g/mol. The predicted molar refractivity (Wildman–Crippen MR) is 134 cm³/mol. The van der Waals surface area contributed by atoms with Crippen LogP contribution in [0.25, 0.3) is 17.1 Å². The maximum atomic E-state index is 12.5. The Morgan fingerprint density at radius 3 is 2.26 bits per heavy atom. The van der Waals surface area contributed by atoms with E-state index >= 15 is 0 Å². The molecule has 0 aliphatic carbocycles. The largest absolute Gasteiger partial charge is 0.497 e. The maximum absolute atomic E-state index is 12.5. The number of hydrogen-bond acceptors (Lipinski definition) is 6. The summed E-state index contributed by atoms with van der Waals surface area (Å²) >= 11 is 1.34. The van der Waals surface area contributed by atoms with Crippen LogP contribution < -0.4 is 14.8 Å². The number of carbonyl (C=O) groups excluding carboxylic acids is 1. The normalized spacial score (nSPS) is 10.7. The van der Waals surface area contributed by atoms with Gasteiger partial charge in [0.1, 0.15) is 11.5 Å². The van der Waals surface area contributed by atoms with Gasteiger partial charge in [-0.25, -0.2) is 0 Å². The van der Waals surface area contributed by atoms with Gasteiger partial charge in [-0.3, -0.25) is 9.36 Å². The summed E-state index contributed by atoms with van der Waals surface area (Å²) < 4.78 is 12.8. The molecule has 174 valence electrons. The first-order valence-electron chi connectivity index (χ1n) is 10.8. The number of aromatic nitrogens is 3. The van der Waals surface area contributed by atoms with E-state index in [4.69, 9.17) is 9.47 Å². The Labute approximate surface area is 203 Å². The number of benzene rings is 3. The van der Waals surface area contributed by atoms with Crippen molar-refractivity contribution < 1.29 is 14.3 Å². The van der Waals surface area contributed by atoms with E-state index in [1.54, 1.807) is 14.2 Å². The van der Waals surface area contributed by atoms with E-state index < -0.39 is 0 Å². The number of nitrogens with one attached hydrogen (secondary N) is 1. The number of nitrogens with zero attached hydrogens (tertiary/aromatic N) is 3. The highest BCUT2D eigenvalue weighted by Gasteiger charge is 2.19. The molecule has 7 nitrogen and oxygen atoms in total. The van der Waals surface area contributed by atoms with E-state index in [1.807, 2.05) is 84.3 Å². The van der Waals surface area contributed by atoms with Crippen molar-refractivity contribution in [3.8, 4) is 28.6 Å². The van der Waals surface area contributed by atoms with Crippen LogP contribution in [0, 0.1) is 6.92 Å². The van der Waals surface area contributed by atoms with Crippen molar-refractivity contribution in [1.82, 2.24) is 20.1 Å². The van der Waals surface area contributed by atoms with Crippen molar-refractivity contribution in [2.75, 3.05) is 20.0 Å². The van der Waals surface area contributed by atoms with Crippen molar-refractivity contribution in [3.63, 3.8) is 0 Å². The first-order valence-corrected chi connectivity index (χ1v) is 11.8.